The molecule has 1 aliphatic heterocycles. The van der Waals surface area contributed by atoms with E-state index in [4.69, 9.17) is 0 Å². The fourth-order valence-electron chi connectivity index (χ4n) is 4.25. The Balaban J connectivity index is 1.75. The molecular formula is C26H28N2O3S. The van der Waals surface area contributed by atoms with Gasteiger partial charge in [0.25, 0.3) is 10.0 Å². The van der Waals surface area contributed by atoms with Crippen molar-refractivity contribution in [3.63, 3.8) is 0 Å². The van der Waals surface area contributed by atoms with E-state index in [-0.39, 0.29) is 17.3 Å². The second kappa shape index (κ2) is 8.79. The zero-order valence-corrected chi connectivity index (χ0v) is 19.5. The molecule has 0 aliphatic carbocycles. The Hall–Kier alpha value is -3.12. The summed E-state index contributed by atoms with van der Waals surface area (Å²) in [5.41, 5.74) is 5.35. The van der Waals surface area contributed by atoms with Crippen LogP contribution in [0.4, 0.5) is 11.4 Å². The molecule has 32 heavy (non-hydrogen) atoms. The molecule has 0 N–H and O–H groups in total. The summed E-state index contributed by atoms with van der Waals surface area (Å²) >= 11 is 0. The minimum absolute atomic E-state index is 0.175. The Morgan fingerprint density at radius 3 is 2.25 bits per heavy atom. The van der Waals surface area contributed by atoms with E-state index in [1.165, 1.54) is 4.31 Å². The first kappa shape index (κ1) is 22.1. The zero-order valence-electron chi connectivity index (χ0n) is 18.7. The van der Waals surface area contributed by atoms with Crippen LogP contribution in [0, 0.1) is 20.8 Å². The highest BCUT2D eigenvalue weighted by molar-refractivity contribution is 7.92. The van der Waals surface area contributed by atoms with Crippen molar-refractivity contribution in [2.45, 2.75) is 38.5 Å². The van der Waals surface area contributed by atoms with Gasteiger partial charge in [-0.25, -0.2) is 8.42 Å². The maximum absolute atomic E-state index is 13.7. The fraction of sp³-hybridized carbons (Fsp3) is 0.269. The summed E-state index contributed by atoms with van der Waals surface area (Å²) < 4.78 is 28.6. The molecule has 0 radical (unpaired) electrons. The van der Waals surface area contributed by atoms with Crippen LogP contribution in [0.5, 0.6) is 0 Å². The van der Waals surface area contributed by atoms with Crippen LogP contribution < -0.4 is 9.21 Å². The normalized spacial score (nSPS) is 13.5. The monoisotopic (exact) mass is 448 g/mol. The number of nitrogens with zero attached hydrogens (tertiary/aromatic N) is 2. The number of carbonyl (C=O) groups is 1. The Bertz CT molecular complexity index is 1230. The fourth-order valence-corrected chi connectivity index (χ4v) is 5.65. The molecule has 3 aromatic carbocycles. The summed E-state index contributed by atoms with van der Waals surface area (Å²) in [7, 11) is -3.93. The average Bonchev–Trinajstić information content (AvgIpc) is 2.76. The standard InChI is InChI=1S/C26H28N2O3S/c1-19-10-12-24(13-11-19)32(30,31)28(23-16-20(2)15-21(3)17-23)18-26(29)27-14-6-8-22-7-4-5-9-25(22)27/h4-5,7,9-13,15-17H,6,8,14,18H2,1-3H3. The quantitative estimate of drug-likeness (QED) is 0.564. The van der Waals surface area contributed by atoms with Gasteiger partial charge >= 0.3 is 0 Å². The van der Waals surface area contributed by atoms with Crippen LogP contribution in [0.3, 0.4) is 0 Å². The van der Waals surface area contributed by atoms with E-state index in [0.717, 1.165) is 40.8 Å². The first-order valence-corrected chi connectivity index (χ1v) is 12.3. The van der Waals surface area contributed by atoms with Crippen LogP contribution in [-0.2, 0) is 21.2 Å². The number of sulfonamides is 1. The highest BCUT2D eigenvalue weighted by Crippen LogP contribution is 2.30. The van der Waals surface area contributed by atoms with Gasteiger partial charge in [0, 0.05) is 12.2 Å². The van der Waals surface area contributed by atoms with Gasteiger partial charge in [0.2, 0.25) is 5.91 Å². The number of carbonyl (C=O) groups excluding carboxylic acids is 1. The highest BCUT2D eigenvalue weighted by Gasteiger charge is 2.31. The number of benzene rings is 3. The minimum atomic E-state index is -3.93. The molecule has 1 aliphatic rings. The third-order valence-corrected chi connectivity index (χ3v) is 7.58. The Morgan fingerprint density at radius 1 is 0.906 bits per heavy atom. The van der Waals surface area contributed by atoms with Gasteiger partial charge in [-0.2, -0.15) is 0 Å². The number of fused-ring (bicyclic) bond motifs is 1. The Labute approximate surface area is 190 Å². The van der Waals surface area contributed by atoms with Crippen molar-refractivity contribution in [1.29, 1.82) is 0 Å². The number of hydrogen-bond acceptors (Lipinski definition) is 3. The van der Waals surface area contributed by atoms with Crippen molar-refractivity contribution in [3.05, 3.63) is 89.0 Å². The first-order valence-electron chi connectivity index (χ1n) is 10.8. The van der Waals surface area contributed by atoms with Crippen molar-refractivity contribution in [2.24, 2.45) is 0 Å². The number of rotatable bonds is 5. The number of para-hydroxylation sites is 1. The molecule has 6 heteroatoms. The molecule has 166 valence electrons. The lowest BCUT2D eigenvalue weighted by Crippen LogP contribution is -2.45. The number of aryl methyl sites for hydroxylation is 4. The van der Waals surface area contributed by atoms with E-state index in [1.807, 2.05) is 63.2 Å². The number of anilines is 2. The van der Waals surface area contributed by atoms with Gasteiger partial charge in [-0.15, -0.1) is 0 Å². The van der Waals surface area contributed by atoms with Crippen LogP contribution in [0.2, 0.25) is 0 Å². The Kier molecular flexibility index (Phi) is 6.07. The van der Waals surface area contributed by atoms with Crippen LogP contribution in [-0.4, -0.2) is 27.4 Å². The van der Waals surface area contributed by atoms with E-state index in [1.54, 1.807) is 29.2 Å². The minimum Gasteiger partial charge on any atom is -0.311 e. The van der Waals surface area contributed by atoms with E-state index in [9.17, 15) is 13.2 Å². The van der Waals surface area contributed by atoms with Gasteiger partial charge in [-0.1, -0.05) is 42.0 Å². The molecule has 1 amide bonds. The smallest absolute Gasteiger partial charge is 0.264 e. The van der Waals surface area contributed by atoms with Gasteiger partial charge in [-0.05, 0) is 80.6 Å². The van der Waals surface area contributed by atoms with Gasteiger partial charge in [0.05, 0.1) is 10.6 Å². The molecule has 0 unspecified atom stereocenters. The molecule has 0 bridgehead atoms. The summed E-state index contributed by atoms with van der Waals surface area (Å²) in [4.78, 5) is 15.4. The molecule has 0 aromatic heterocycles. The second-order valence-electron chi connectivity index (χ2n) is 8.45. The first-order chi connectivity index (χ1) is 15.3. The van der Waals surface area contributed by atoms with Crippen molar-refractivity contribution < 1.29 is 13.2 Å². The van der Waals surface area contributed by atoms with Crippen LogP contribution in [0.15, 0.2) is 71.6 Å². The lowest BCUT2D eigenvalue weighted by atomic mass is 10.0. The highest BCUT2D eigenvalue weighted by atomic mass is 32.2. The maximum Gasteiger partial charge on any atom is 0.264 e. The summed E-state index contributed by atoms with van der Waals surface area (Å²) in [6, 6.07) is 20.2. The summed E-state index contributed by atoms with van der Waals surface area (Å²) in [6.07, 6.45) is 1.78. The van der Waals surface area contributed by atoms with E-state index in [2.05, 4.69) is 0 Å². The SMILES string of the molecule is Cc1ccc(S(=O)(=O)N(CC(=O)N2CCCc3ccccc32)c2cc(C)cc(C)c2)cc1. The molecule has 3 aromatic rings. The van der Waals surface area contributed by atoms with Gasteiger partial charge in [-0.3, -0.25) is 9.10 Å². The van der Waals surface area contributed by atoms with Crippen LogP contribution in [0.1, 0.15) is 28.7 Å². The van der Waals surface area contributed by atoms with Gasteiger partial charge in [0.15, 0.2) is 0 Å². The van der Waals surface area contributed by atoms with Gasteiger partial charge in [0.1, 0.15) is 6.54 Å². The van der Waals surface area contributed by atoms with E-state index in [0.29, 0.717) is 12.2 Å². The van der Waals surface area contributed by atoms with Gasteiger partial charge < -0.3 is 4.90 Å². The van der Waals surface area contributed by atoms with Crippen molar-refractivity contribution in [1.82, 2.24) is 0 Å². The predicted molar refractivity (Wildman–Crippen MR) is 129 cm³/mol. The van der Waals surface area contributed by atoms with Crippen LogP contribution in [0.25, 0.3) is 0 Å². The molecule has 0 atom stereocenters. The third-order valence-electron chi connectivity index (χ3n) is 5.79. The largest absolute Gasteiger partial charge is 0.311 e. The average molecular weight is 449 g/mol. The molecule has 0 spiro atoms. The van der Waals surface area contributed by atoms with Crippen molar-refractivity contribution >= 4 is 27.3 Å². The van der Waals surface area contributed by atoms with E-state index < -0.39 is 10.0 Å². The molecule has 0 saturated carbocycles. The maximum atomic E-state index is 13.7. The lowest BCUT2D eigenvalue weighted by Gasteiger charge is -2.32. The zero-order chi connectivity index (χ0) is 22.9. The van der Waals surface area contributed by atoms with Crippen molar-refractivity contribution in [2.75, 3.05) is 22.3 Å². The Morgan fingerprint density at radius 2 is 1.56 bits per heavy atom. The summed E-state index contributed by atoms with van der Waals surface area (Å²) in [6.45, 7) is 6.09. The third kappa shape index (κ3) is 4.41. The molecule has 0 saturated heterocycles. The van der Waals surface area contributed by atoms with Crippen LogP contribution >= 0.6 is 0 Å². The lowest BCUT2D eigenvalue weighted by molar-refractivity contribution is -0.117. The predicted octanol–water partition coefficient (Wildman–Crippen LogP) is 4.79. The number of amides is 1. The van der Waals surface area contributed by atoms with E-state index >= 15 is 0 Å². The molecule has 5 nitrogen and oxygen atoms in total. The summed E-state index contributed by atoms with van der Waals surface area (Å²) in [5.74, 6) is -0.230. The number of hydrogen-bond donors (Lipinski definition) is 0. The molecule has 1 heterocycles. The summed E-state index contributed by atoms with van der Waals surface area (Å²) in [5, 5.41) is 0. The van der Waals surface area contributed by atoms with Crippen molar-refractivity contribution in [3.8, 4) is 0 Å². The topological polar surface area (TPSA) is 57.7 Å². The molecule has 4 rings (SSSR count). The molecule has 0 fully saturated rings. The second-order valence-corrected chi connectivity index (χ2v) is 10.3. The molecular weight excluding hydrogens is 420 g/mol.